The van der Waals surface area contributed by atoms with Gasteiger partial charge in [-0.3, -0.25) is 9.59 Å². The number of unbranched alkanes of at least 4 members (excludes halogenated alkanes) is 2. The molecular weight excluding hydrogens is 819 g/mol. The molecule has 4 aromatic carbocycles. The standard InChI is InChI=1S/C51H61NO12/c1-3-5-6-16-35-31-38(64-51(61-35)43-23-10-12-25-45(43)55)29-33(53)15-13-18-36-30-37(63-50(62-36)42-22-9-11-24-44(42)54)19-14-17-34(4-2)60-49(59)41-27-26-32(28-46(41)56)52-47(57)39-20-7-8-21-40(39)48(52)58/h7-12,20-28,33-38,50-51,53-56H,3-6,13-19,29-31H2,1-2H3. The van der Waals surface area contributed by atoms with Crippen LogP contribution in [-0.4, -0.2) is 74.8 Å². The predicted molar refractivity (Wildman–Crippen MR) is 238 cm³/mol. The minimum absolute atomic E-state index is 0.0334. The van der Waals surface area contributed by atoms with E-state index >= 15 is 0 Å². The second-order valence-corrected chi connectivity index (χ2v) is 17.2. The maximum Gasteiger partial charge on any atom is 0.342 e. The van der Waals surface area contributed by atoms with Crippen molar-refractivity contribution < 1.29 is 58.5 Å². The van der Waals surface area contributed by atoms with Gasteiger partial charge in [-0.05, 0) is 94.2 Å². The molecule has 8 atom stereocenters. The van der Waals surface area contributed by atoms with E-state index < -0.39 is 48.3 Å². The van der Waals surface area contributed by atoms with Crippen LogP contribution in [0.25, 0.3) is 0 Å². The van der Waals surface area contributed by atoms with Crippen molar-refractivity contribution in [1.29, 1.82) is 0 Å². The first-order valence-corrected chi connectivity index (χ1v) is 22.9. The lowest BCUT2D eigenvalue weighted by molar-refractivity contribution is -0.254. The maximum atomic E-state index is 13.3. The molecule has 0 aromatic heterocycles. The van der Waals surface area contributed by atoms with Crippen LogP contribution < -0.4 is 4.90 Å². The number of amides is 2. The maximum absolute atomic E-state index is 13.3. The molecular formula is C51H61NO12. The number of ether oxygens (including phenoxy) is 5. The third-order valence-electron chi connectivity index (χ3n) is 12.5. The largest absolute Gasteiger partial charge is 0.507 e. The van der Waals surface area contributed by atoms with Crippen LogP contribution >= 0.6 is 0 Å². The van der Waals surface area contributed by atoms with Gasteiger partial charge in [0.2, 0.25) is 0 Å². The molecule has 3 heterocycles. The van der Waals surface area contributed by atoms with E-state index in [1.54, 1.807) is 54.6 Å². The third kappa shape index (κ3) is 11.5. The van der Waals surface area contributed by atoms with Crippen LogP contribution in [-0.2, 0) is 23.7 Å². The molecule has 2 amide bonds. The van der Waals surface area contributed by atoms with Gasteiger partial charge in [0, 0.05) is 30.0 Å². The Morgan fingerprint density at radius 2 is 1.17 bits per heavy atom. The highest BCUT2D eigenvalue weighted by atomic mass is 16.7. The molecule has 2 saturated heterocycles. The number of nitrogens with zero attached hydrogens (tertiary/aromatic N) is 1. The van der Waals surface area contributed by atoms with Gasteiger partial charge in [0.25, 0.3) is 11.8 Å². The number of hydrogen-bond acceptors (Lipinski definition) is 12. The summed E-state index contributed by atoms with van der Waals surface area (Å²) in [5.74, 6) is -1.93. The molecule has 13 nitrogen and oxygen atoms in total. The predicted octanol–water partition coefficient (Wildman–Crippen LogP) is 9.96. The van der Waals surface area contributed by atoms with Crippen molar-refractivity contribution in [2.75, 3.05) is 4.90 Å². The second-order valence-electron chi connectivity index (χ2n) is 17.2. The minimum atomic E-state index is -0.785. The fourth-order valence-corrected chi connectivity index (χ4v) is 8.96. The number of phenols is 3. The highest BCUT2D eigenvalue weighted by molar-refractivity contribution is 6.34. The summed E-state index contributed by atoms with van der Waals surface area (Å²) < 4.78 is 31.3. The summed E-state index contributed by atoms with van der Waals surface area (Å²) in [7, 11) is 0. The number of benzene rings is 4. The van der Waals surface area contributed by atoms with Crippen molar-refractivity contribution in [2.45, 2.75) is 153 Å². The lowest BCUT2D eigenvalue weighted by atomic mass is 9.95. The van der Waals surface area contributed by atoms with Gasteiger partial charge < -0.3 is 44.1 Å². The number of phenolic OH excluding ortho intramolecular Hbond substituents is 3. The van der Waals surface area contributed by atoms with Crippen LogP contribution in [0, 0.1) is 0 Å². The molecule has 13 heteroatoms. The zero-order valence-corrected chi connectivity index (χ0v) is 36.7. The van der Waals surface area contributed by atoms with Crippen LogP contribution in [0.15, 0.2) is 91.0 Å². The molecule has 8 unspecified atom stereocenters. The molecule has 342 valence electrons. The van der Waals surface area contributed by atoms with Crippen molar-refractivity contribution in [2.24, 2.45) is 0 Å². The van der Waals surface area contributed by atoms with Gasteiger partial charge >= 0.3 is 5.97 Å². The minimum Gasteiger partial charge on any atom is -0.507 e. The second kappa shape index (κ2) is 22.1. The molecule has 0 bridgehead atoms. The van der Waals surface area contributed by atoms with E-state index in [0.29, 0.717) is 75.3 Å². The van der Waals surface area contributed by atoms with Gasteiger partial charge in [-0.15, -0.1) is 0 Å². The molecule has 3 aliphatic heterocycles. The smallest absolute Gasteiger partial charge is 0.342 e. The van der Waals surface area contributed by atoms with Gasteiger partial charge in [-0.1, -0.05) is 81.6 Å². The van der Waals surface area contributed by atoms with Crippen molar-refractivity contribution in [3.63, 3.8) is 0 Å². The van der Waals surface area contributed by atoms with Crippen molar-refractivity contribution >= 4 is 23.5 Å². The van der Waals surface area contributed by atoms with E-state index in [0.717, 1.165) is 30.6 Å². The first kappa shape index (κ1) is 46.7. The Hall–Kier alpha value is -5.31. The van der Waals surface area contributed by atoms with Crippen LogP contribution in [0.3, 0.4) is 0 Å². The number of fused-ring (bicyclic) bond motifs is 1. The number of carbonyl (C=O) groups is 3. The van der Waals surface area contributed by atoms with E-state index in [1.165, 1.54) is 18.2 Å². The lowest BCUT2D eigenvalue weighted by Gasteiger charge is -2.37. The topological polar surface area (TPSA) is 182 Å². The Kier molecular flexibility index (Phi) is 16.1. The number of esters is 1. The van der Waals surface area contributed by atoms with E-state index in [9.17, 15) is 34.8 Å². The average molecular weight is 880 g/mol. The number of para-hydroxylation sites is 2. The van der Waals surface area contributed by atoms with Crippen LogP contribution in [0.1, 0.15) is 159 Å². The normalized spacial score (nSPS) is 23.1. The quantitative estimate of drug-likeness (QED) is 0.0375. The molecule has 64 heavy (non-hydrogen) atoms. The third-order valence-corrected chi connectivity index (χ3v) is 12.5. The number of anilines is 1. The number of aliphatic hydroxyl groups excluding tert-OH is 1. The number of imide groups is 1. The molecule has 0 spiro atoms. The SMILES string of the molecule is CCCCCC1CC(CC(O)CCCC2CC(CCCC(CC)OC(=O)c3ccc(N4C(=O)c5ccccc5C4=O)cc3O)OC(c3ccccc3O)O2)OC(c2ccccc2O)O1. The Balaban J connectivity index is 0.913. The van der Waals surface area contributed by atoms with E-state index in [1.807, 2.05) is 25.1 Å². The van der Waals surface area contributed by atoms with Gasteiger partial charge in [0.1, 0.15) is 28.9 Å². The van der Waals surface area contributed by atoms with E-state index in [4.69, 9.17) is 23.7 Å². The zero-order valence-electron chi connectivity index (χ0n) is 36.7. The van der Waals surface area contributed by atoms with E-state index in [-0.39, 0.29) is 58.3 Å². The number of aromatic hydroxyl groups is 3. The number of carbonyl (C=O) groups excluding carboxylic acids is 3. The van der Waals surface area contributed by atoms with Gasteiger partial charge in [0.15, 0.2) is 12.6 Å². The summed E-state index contributed by atoms with van der Waals surface area (Å²) in [6.45, 7) is 4.08. The highest BCUT2D eigenvalue weighted by Gasteiger charge is 2.38. The van der Waals surface area contributed by atoms with Crippen LogP contribution in [0.2, 0.25) is 0 Å². The monoisotopic (exact) mass is 879 g/mol. The zero-order chi connectivity index (χ0) is 45.2. The molecule has 0 radical (unpaired) electrons. The lowest BCUT2D eigenvalue weighted by Crippen LogP contribution is -2.36. The van der Waals surface area contributed by atoms with Gasteiger partial charge in [-0.2, -0.15) is 0 Å². The van der Waals surface area contributed by atoms with E-state index in [2.05, 4.69) is 6.92 Å². The molecule has 7 rings (SSSR count). The summed E-state index contributed by atoms with van der Waals surface area (Å²) >= 11 is 0. The summed E-state index contributed by atoms with van der Waals surface area (Å²) in [6.07, 6.45) is 6.91. The van der Waals surface area contributed by atoms with Gasteiger partial charge in [0.05, 0.1) is 47.3 Å². The van der Waals surface area contributed by atoms with Crippen molar-refractivity contribution in [3.8, 4) is 17.2 Å². The molecule has 4 N–H and O–H groups in total. The fraction of sp³-hybridized carbons (Fsp3) is 0.471. The number of hydrogen-bond donors (Lipinski definition) is 4. The summed E-state index contributed by atoms with van der Waals surface area (Å²) in [4.78, 5) is 40.2. The molecule has 2 fully saturated rings. The molecule has 0 saturated carbocycles. The first-order valence-electron chi connectivity index (χ1n) is 22.9. The summed E-state index contributed by atoms with van der Waals surface area (Å²) in [6, 6.07) is 24.5. The summed E-state index contributed by atoms with van der Waals surface area (Å²) in [5, 5.41) is 43.4. The Bertz CT molecular complexity index is 2180. The first-order chi connectivity index (χ1) is 31.0. The van der Waals surface area contributed by atoms with Crippen molar-refractivity contribution in [1.82, 2.24) is 0 Å². The highest BCUT2D eigenvalue weighted by Crippen LogP contribution is 2.40. The Morgan fingerprint density at radius 1 is 0.656 bits per heavy atom. The van der Waals surface area contributed by atoms with Gasteiger partial charge in [-0.25, -0.2) is 9.69 Å². The summed E-state index contributed by atoms with van der Waals surface area (Å²) in [5.41, 5.74) is 1.75. The number of rotatable bonds is 20. The molecule has 0 aliphatic carbocycles. The molecule has 3 aliphatic rings. The Morgan fingerprint density at radius 3 is 1.72 bits per heavy atom. The average Bonchev–Trinajstić information content (AvgIpc) is 3.54. The van der Waals surface area contributed by atoms with Crippen LogP contribution in [0.5, 0.6) is 17.2 Å². The fourth-order valence-electron chi connectivity index (χ4n) is 8.96. The Labute approximate surface area is 374 Å². The molecule has 4 aromatic rings. The van der Waals surface area contributed by atoms with Crippen LogP contribution in [0.4, 0.5) is 5.69 Å². The van der Waals surface area contributed by atoms with Crippen molar-refractivity contribution in [3.05, 3.63) is 119 Å². The number of aliphatic hydroxyl groups is 1.